The third-order valence-corrected chi connectivity index (χ3v) is 4.83. The SMILES string of the molecule is CC1CCCN(C(=O)CCNCc2ccc3c(c2)CCCO3)C1. The first-order chi connectivity index (χ1) is 11.2. The number of piperidine rings is 1. The van der Waals surface area contributed by atoms with Crippen molar-refractivity contribution in [2.24, 2.45) is 5.92 Å². The van der Waals surface area contributed by atoms with Crippen molar-refractivity contribution in [1.82, 2.24) is 10.2 Å². The molecule has 1 aromatic rings. The van der Waals surface area contributed by atoms with Crippen molar-refractivity contribution >= 4 is 5.91 Å². The van der Waals surface area contributed by atoms with Crippen LogP contribution in [0.3, 0.4) is 0 Å². The highest BCUT2D eigenvalue weighted by Crippen LogP contribution is 2.25. The van der Waals surface area contributed by atoms with Gasteiger partial charge in [-0.15, -0.1) is 0 Å². The van der Waals surface area contributed by atoms with Crippen LogP contribution >= 0.6 is 0 Å². The van der Waals surface area contributed by atoms with Crippen LogP contribution in [-0.4, -0.2) is 37.0 Å². The fraction of sp³-hybridized carbons (Fsp3) is 0.632. The molecule has 3 rings (SSSR count). The summed E-state index contributed by atoms with van der Waals surface area (Å²) in [6, 6.07) is 6.42. The van der Waals surface area contributed by atoms with Crippen LogP contribution in [0.1, 0.15) is 43.7 Å². The quantitative estimate of drug-likeness (QED) is 0.849. The van der Waals surface area contributed by atoms with Gasteiger partial charge < -0.3 is 15.0 Å². The van der Waals surface area contributed by atoms with Gasteiger partial charge in [0.1, 0.15) is 5.75 Å². The minimum atomic E-state index is 0.294. The van der Waals surface area contributed by atoms with E-state index < -0.39 is 0 Å². The molecule has 0 saturated carbocycles. The van der Waals surface area contributed by atoms with E-state index in [9.17, 15) is 4.79 Å². The van der Waals surface area contributed by atoms with Crippen LogP contribution in [0.15, 0.2) is 18.2 Å². The molecule has 0 aromatic heterocycles. The van der Waals surface area contributed by atoms with E-state index in [2.05, 4.69) is 30.4 Å². The molecule has 1 fully saturated rings. The number of nitrogens with zero attached hydrogens (tertiary/aromatic N) is 1. The molecule has 2 aliphatic heterocycles. The third-order valence-electron chi connectivity index (χ3n) is 4.83. The molecule has 1 amide bonds. The van der Waals surface area contributed by atoms with Gasteiger partial charge >= 0.3 is 0 Å². The second kappa shape index (κ2) is 7.82. The van der Waals surface area contributed by atoms with Crippen LogP contribution < -0.4 is 10.1 Å². The first-order valence-corrected chi connectivity index (χ1v) is 8.95. The lowest BCUT2D eigenvalue weighted by Crippen LogP contribution is -2.40. The fourth-order valence-electron chi connectivity index (χ4n) is 3.53. The molecule has 23 heavy (non-hydrogen) atoms. The summed E-state index contributed by atoms with van der Waals surface area (Å²) in [6.07, 6.45) is 5.21. The molecule has 2 heterocycles. The fourth-order valence-corrected chi connectivity index (χ4v) is 3.53. The zero-order chi connectivity index (χ0) is 16.1. The smallest absolute Gasteiger partial charge is 0.223 e. The number of carbonyl (C=O) groups is 1. The Hall–Kier alpha value is -1.55. The summed E-state index contributed by atoms with van der Waals surface area (Å²) in [4.78, 5) is 14.2. The van der Waals surface area contributed by atoms with Gasteiger partial charge in [-0.1, -0.05) is 19.1 Å². The van der Waals surface area contributed by atoms with Gasteiger partial charge in [0.25, 0.3) is 0 Å². The first-order valence-electron chi connectivity index (χ1n) is 8.95. The molecule has 4 nitrogen and oxygen atoms in total. The summed E-state index contributed by atoms with van der Waals surface area (Å²) < 4.78 is 5.64. The number of benzene rings is 1. The van der Waals surface area contributed by atoms with E-state index >= 15 is 0 Å². The number of fused-ring (bicyclic) bond motifs is 1. The number of likely N-dealkylation sites (tertiary alicyclic amines) is 1. The molecular formula is C19H28N2O2. The van der Waals surface area contributed by atoms with Crippen molar-refractivity contribution in [2.45, 2.75) is 45.6 Å². The molecule has 2 aliphatic rings. The zero-order valence-corrected chi connectivity index (χ0v) is 14.1. The molecule has 1 atom stereocenters. The molecule has 0 spiro atoms. The van der Waals surface area contributed by atoms with Gasteiger partial charge in [-0.05, 0) is 48.8 Å². The Morgan fingerprint density at radius 3 is 3.17 bits per heavy atom. The van der Waals surface area contributed by atoms with E-state index in [0.29, 0.717) is 18.2 Å². The van der Waals surface area contributed by atoms with E-state index in [0.717, 1.165) is 57.8 Å². The predicted octanol–water partition coefficient (Wildman–Crippen LogP) is 2.75. The third kappa shape index (κ3) is 4.47. The Kier molecular flexibility index (Phi) is 5.55. The molecule has 0 radical (unpaired) electrons. The van der Waals surface area contributed by atoms with E-state index in [4.69, 9.17) is 4.74 Å². The van der Waals surface area contributed by atoms with Crippen LogP contribution in [-0.2, 0) is 17.8 Å². The number of hydrogen-bond acceptors (Lipinski definition) is 3. The van der Waals surface area contributed by atoms with E-state index in [1.54, 1.807) is 0 Å². The highest BCUT2D eigenvalue weighted by atomic mass is 16.5. The van der Waals surface area contributed by atoms with Crippen molar-refractivity contribution in [3.8, 4) is 5.75 Å². The topological polar surface area (TPSA) is 41.6 Å². The lowest BCUT2D eigenvalue weighted by molar-refractivity contribution is -0.132. The zero-order valence-electron chi connectivity index (χ0n) is 14.1. The molecule has 1 N–H and O–H groups in total. The Bertz CT molecular complexity index is 544. The molecular weight excluding hydrogens is 288 g/mol. The minimum absolute atomic E-state index is 0.294. The van der Waals surface area contributed by atoms with Crippen molar-refractivity contribution in [2.75, 3.05) is 26.2 Å². The number of carbonyl (C=O) groups excluding carboxylic acids is 1. The summed E-state index contributed by atoms with van der Waals surface area (Å²) in [6.45, 7) is 6.51. The van der Waals surface area contributed by atoms with Gasteiger partial charge in [-0.2, -0.15) is 0 Å². The molecule has 4 heteroatoms. The van der Waals surface area contributed by atoms with Crippen LogP contribution in [0, 0.1) is 5.92 Å². The summed E-state index contributed by atoms with van der Waals surface area (Å²) in [7, 11) is 0. The summed E-state index contributed by atoms with van der Waals surface area (Å²) in [5.41, 5.74) is 2.59. The molecule has 1 aromatic carbocycles. The van der Waals surface area contributed by atoms with Gasteiger partial charge in [0.05, 0.1) is 6.61 Å². The monoisotopic (exact) mass is 316 g/mol. The van der Waals surface area contributed by atoms with Gasteiger partial charge in [-0.25, -0.2) is 0 Å². The number of rotatable bonds is 5. The van der Waals surface area contributed by atoms with Crippen molar-refractivity contribution in [3.05, 3.63) is 29.3 Å². The Morgan fingerprint density at radius 2 is 2.30 bits per heavy atom. The van der Waals surface area contributed by atoms with Crippen molar-refractivity contribution in [3.63, 3.8) is 0 Å². The number of nitrogens with one attached hydrogen (secondary N) is 1. The van der Waals surface area contributed by atoms with Crippen molar-refractivity contribution in [1.29, 1.82) is 0 Å². The Morgan fingerprint density at radius 1 is 1.39 bits per heavy atom. The van der Waals surface area contributed by atoms with Crippen LogP contribution in [0.2, 0.25) is 0 Å². The average Bonchev–Trinajstić information content (AvgIpc) is 2.58. The van der Waals surface area contributed by atoms with E-state index in [-0.39, 0.29) is 0 Å². The van der Waals surface area contributed by atoms with E-state index in [1.807, 2.05) is 4.90 Å². The minimum Gasteiger partial charge on any atom is -0.493 e. The highest BCUT2D eigenvalue weighted by Gasteiger charge is 2.20. The maximum absolute atomic E-state index is 12.2. The van der Waals surface area contributed by atoms with Gasteiger partial charge in [-0.3, -0.25) is 4.79 Å². The normalized spacial score (nSPS) is 20.7. The number of hydrogen-bond donors (Lipinski definition) is 1. The molecule has 0 bridgehead atoms. The number of aryl methyl sites for hydroxylation is 1. The molecule has 1 unspecified atom stereocenters. The van der Waals surface area contributed by atoms with Crippen molar-refractivity contribution < 1.29 is 9.53 Å². The highest BCUT2D eigenvalue weighted by molar-refractivity contribution is 5.76. The lowest BCUT2D eigenvalue weighted by atomic mass is 10.00. The van der Waals surface area contributed by atoms with Crippen LogP contribution in [0.5, 0.6) is 5.75 Å². The van der Waals surface area contributed by atoms with Crippen LogP contribution in [0.4, 0.5) is 0 Å². The first kappa shape index (κ1) is 16.3. The maximum Gasteiger partial charge on any atom is 0.223 e. The molecule has 0 aliphatic carbocycles. The van der Waals surface area contributed by atoms with Gasteiger partial charge in [0.2, 0.25) is 5.91 Å². The maximum atomic E-state index is 12.2. The molecule has 1 saturated heterocycles. The lowest BCUT2D eigenvalue weighted by Gasteiger charge is -2.31. The molecule has 126 valence electrons. The summed E-state index contributed by atoms with van der Waals surface area (Å²) in [5, 5.41) is 3.40. The van der Waals surface area contributed by atoms with E-state index in [1.165, 1.54) is 17.5 Å². The number of ether oxygens (including phenoxy) is 1. The average molecular weight is 316 g/mol. The summed E-state index contributed by atoms with van der Waals surface area (Å²) >= 11 is 0. The predicted molar refractivity (Wildman–Crippen MR) is 91.6 cm³/mol. The Balaban J connectivity index is 1.40. The number of amides is 1. The standard InChI is InChI=1S/C19H28N2O2/c1-15-4-2-10-21(14-15)19(22)8-9-20-13-16-6-7-18-17(12-16)5-3-11-23-18/h6-7,12,15,20H,2-5,8-11,13-14H2,1H3. The van der Waals surface area contributed by atoms with Crippen LogP contribution in [0.25, 0.3) is 0 Å². The second-order valence-corrected chi connectivity index (χ2v) is 6.91. The summed E-state index contributed by atoms with van der Waals surface area (Å²) in [5.74, 6) is 1.98. The second-order valence-electron chi connectivity index (χ2n) is 6.91. The Labute approximate surface area is 139 Å². The van der Waals surface area contributed by atoms with Gasteiger partial charge in [0.15, 0.2) is 0 Å². The largest absolute Gasteiger partial charge is 0.493 e. The van der Waals surface area contributed by atoms with Gasteiger partial charge in [0, 0.05) is 32.6 Å².